The van der Waals surface area contributed by atoms with Gasteiger partial charge in [-0.05, 0) is 24.1 Å². The van der Waals surface area contributed by atoms with Crippen LogP contribution in [0.15, 0.2) is 49.4 Å². The van der Waals surface area contributed by atoms with Crippen molar-refractivity contribution in [3.05, 3.63) is 73.0 Å². The van der Waals surface area contributed by atoms with E-state index in [-0.39, 0.29) is 6.54 Å². The maximum absolute atomic E-state index is 12.6. The molecular formula is C18H16N4O4. The summed E-state index contributed by atoms with van der Waals surface area (Å²) in [6, 6.07) is 7.03. The highest BCUT2D eigenvalue weighted by Gasteiger charge is 2.15. The van der Waals surface area contributed by atoms with Gasteiger partial charge in [0.1, 0.15) is 5.58 Å². The van der Waals surface area contributed by atoms with Gasteiger partial charge >= 0.3 is 11.3 Å². The van der Waals surface area contributed by atoms with Crippen LogP contribution in [0.5, 0.6) is 0 Å². The molecule has 4 aromatic rings. The van der Waals surface area contributed by atoms with Crippen LogP contribution in [0.1, 0.15) is 11.1 Å². The molecule has 1 aromatic carbocycles. The number of benzene rings is 1. The Morgan fingerprint density at radius 1 is 1.08 bits per heavy atom. The van der Waals surface area contributed by atoms with E-state index in [2.05, 4.69) is 4.98 Å². The van der Waals surface area contributed by atoms with E-state index in [1.54, 1.807) is 17.7 Å². The molecular weight excluding hydrogens is 336 g/mol. The minimum atomic E-state index is -0.456. The van der Waals surface area contributed by atoms with E-state index in [9.17, 15) is 14.4 Å². The standard InChI is InChI=1S/C18H16N4O4/c1-10-4-5-12-11(7-14(23)26-13(12)6-10)8-22-9-19-16-15(22)17(24)21(3)18(25)20(16)2/h4-7,9H,8H2,1-3H3. The number of nitrogens with zero attached hydrogens (tertiary/aromatic N) is 4. The molecule has 3 aromatic heterocycles. The van der Waals surface area contributed by atoms with Gasteiger partial charge in [-0.3, -0.25) is 13.9 Å². The van der Waals surface area contributed by atoms with Gasteiger partial charge in [0.15, 0.2) is 11.2 Å². The summed E-state index contributed by atoms with van der Waals surface area (Å²) in [5.74, 6) is 0. The third-order valence-electron chi connectivity index (χ3n) is 4.54. The summed E-state index contributed by atoms with van der Waals surface area (Å²) in [7, 11) is 2.99. The van der Waals surface area contributed by atoms with E-state index in [1.165, 1.54) is 24.0 Å². The van der Waals surface area contributed by atoms with E-state index in [0.29, 0.717) is 22.3 Å². The Labute approximate surface area is 146 Å². The second-order valence-corrected chi connectivity index (χ2v) is 6.34. The van der Waals surface area contributed by atoms with Gasteiger partial charge in [0.25, 0.3) is 5.56 Å². The van der Waals surface area contributed by atoms with Crippen molar-refractivity contribution in [3.8, 4) is 0 Å². The van der Waals surface area contributed by atoms with Gasteiger partial charge in [0, 0.05) is 25.5 Å². The third-order valence-corrected chi connectivity index (χ3v) is 4.54. The maximum Gasteiger partial charge on any atom is 0.336 e. The van der Waals surface area contributed by atoms with E-state index in [1.807, 2.05) is 19.1 Å². The lowest BCUT2D eigenvalue weighted by Gasteiger charge is -2.09. The summed E-state index contributed by atoms with van der Waals surface area (Å²) in [6.45, 7) is 2.18. The first-order valence-electron chi connectivity index (χ1n) is 8.01. The zero-order chi connectivity index (χ0) is 18.6. The highest BCUT2D eigenvalue weighted by Crippen LogP contribution is 2.20. The number of imidazole rings is 1. The van der Waals surface area contributed by atoms with Crippen molar-refractivity contribution in [2.24, 2.45) is 14.1 Å². The van der Waals surface area contributed by atoms with E-state index in [4.69, 9.17) is 4.42 Å². The lowest BCUT2D eigenvalue weighted by atomic mass is 10.1. The Hall–Kier alpha value is -3.42. The Morgan fingerprint density at radius 2 is 1.85 bits per heavy atom. The number of aryl methyl sites for hydroxylation is 2. The highest BCUT2D eigenvalue weighted by molar-refractivity contribution is 5.81. The van der Waals surface area contributed by atoms with Gasteiger partial charge in [-0.1, -0.05) is 12.1 Å². The van der Waals surface area contributed by atoms with Crippen LogP contribution >= 0.6 is 0 Å². The lowest BCUT2D eigenvalue weighted by Crippen LogP contribution is -2.37. The largest absolute Gasteiger partial charge is 0.423 e. The van der Waals surface area contributed by atoms with Crippen molar-refractivity contribution in [1.29, 1.82) is 0 Å². The summed E-state index contributed by atoms with van der Waals surface area (Å²) in [6.07, 6.45) is 1.50. The minimum absolute atomic E-state index is 0.259. The number of hydrogen-bond donors (Lipinski definition) is 0. The highest BCUT2D eigenvalue weighted by atomic mass is 16.4. The first-order valence-corrected chi connectivity index (χ1v) is 8.01. The van der Waals surface area contributed by atoms with Crippen LogP contribution in [0.25, 0.3) is 22.1 Å². The van der Waals surface area contributed by atoms with Gasteiger partial charge in [0.2, 0.25) is 0 Å². The van der Waals surface area contributed by atoms with Crippen molar-refractivity contribution in [3.63, 3.8) is 0 Å². The van der Waals surface area contributed by atoms with Crippen LogP contribution in [0.4, 0.5) is 0 Å². The molecule has 0 unspecified atom stereocenters. The number of rotatable bonds is 2. The van der Waals surface area contributed by atoms with Crippen LogP contribution in [0, 0.1) is 6.92 Å². The van der Waals surface area contributed by atoms with Gasteiger partial charge in [0.05, 0.1) is 12.9 Å². The lowest BCUT2D eigenvalue weighted by molar-refractivity contribution is 0.557. The topological polar surface area (TPSA) is 92.0 Å². The fourth-order valence-corrected chi connectivity index (χ4v) is 3.17. The third kappa shape index (κ3) is 2.30. The Kier molecular flexibility index (Phi) is 3.43. The van der Waals surface area contributed by atoms with Gasteiger partial charge < -0.3 is 8.98 Å². The molecule has 4 rings (SSSR count). The molecule has 26 heavy (non-hydrogen) atoms. The zero-order valence-corrected chi connectivity index (χ0v) is 14.5. The fraction of sp³-hybridized carbons (Fsp3) is 0.222. The molecule has 0 fully saturated rings. The van der Waals surface area contributed by atoms with Crippen molar-refractivity contribution in [2.75, 3.05) is 0 Å². The normalized spacial score (nSPS) is 11.5. The number of hydrogen-bond acceptors (Lipinski definition) is 5. The predicted octanol–water partition coefficient (Wildman–Crippen LogP) is 0.897. The average Bonchev–Trinajstić information content (AvgIpc) is 3.01. The summed E-state index contributed by atoms with van der Waals surface area (Å²) >= 11 is 0. The van der Waals surface area contributed by atoms with Gasteiger partial charge in [-0.25, -0.2) is 14.6 Å². The van der Waals surface area contributed by atoms with E-state index >= 15 is 0 Å². The summed E-state index contributed by atoms with van der Waals surface area (Å²) < 4.78 is 9.29. The molecule has 0 aliphatic rings. The molecule has 132 valence electrons. The maximum atomic E-state index is 12.6. The first-order chi connectivity index (χ1) is 12.4. The van der Waals surface area contributed by atoms with Crippen molar-refractivity contribution in [1.82, 2.24) is 18.7 Å². The fourth-order valence-electron chi connectivity index (χ4n) is 3.17. The quantitative estimate of drug-likeness (QED) is 0.500. The van der Waals surface area contributed by atoms with Crippen LogP contribution in [0.3, 0.4) is 0 Å². The number of aromatic nitrogens is 4. The molecule has 0 bridgehead atoms. The molecule has 0 atom stereocenters. The molecule has 0 radical (unpaired) electrons. The van der Waals surface area contributed by atoms with Crippen molar-refractivity contribution >= 4 is 22.1 Å². The second kappa shape index (κ2) is 5.55. The predicted molar refractivity (Wildman–Crippen MR) is 96.5 cm³/mol. The SMILES string of the molecule is Cc1ccc2c(Cn3cnc4c3c(=O)n(C)c(=O)n4C)cc(=O)oc2c1. The van der Waals surface area contributed by atoms with Crippen LogP contribution < -0.4 is 16.9 Å². The molecule has 3 heterocycles. The van der Waals surface area contributed by atoms with E-state index in [0.717, 1.165) is 15.5 Å². The number of fused-ring (bicyclic) bond motifs is 2. The summed E-state index contributed by atoms with van der Waals surface area (Å²) in [5.41, 5.74) is 1.49. The monoisotopic (exact) mass is 352 g/mol. The molecule has 0 amide bonds. The minimum Gasteiger partial charge on any atom is -0.423 e. The zero-order valence-electron chi connectivity index (χ0n) is 14.5. The molecule has 8 heteroatoms. The van der Waals surface area contributed by atoms with Crippen molar-refractivity contribution < 1.29 is 4.42 Å². The Bertz CT molecular complexity index is 1350. The summed E-state index contributed by atoms with van der Waals surface area (Å²) in [4.78, 5) is 40.7. The smallest absolute Gasteiger partial charge is 0.336 e. The molecule has 0 aliphatic carbocycles. The molecule has 0 aliphatic heterocycles. The Morgan fingerprint density at radius 3 is 2.62 bits per heavy atom. The Balaban J connectivity index is 1.97. The van der Waals surface area contributed by atoms with Gasteiger partial charge in [-0.2, -0.15) is 0 Å². The van der Waals surface area contributed by atoms with Crippen LogP contribution in [0.2, 0.25) is 0 Å². The second-order valence-electron chi connectivity index (χ2n) is 6.34. The molecule has 0 saturated heterocycles. The van der Waals surface area contributed by atoms with Crippen LogP contribution in [-0.4, -0.2) is 18.7 Å². The van der Waals surface area contributed by atoms with E-state index < -0.39 is 16.9 Å². The molecule has 0 saturated carbocycles. The molecule has 0 N–H and O–H groups in total. The molecule has 8 nitrogen and oxygen atoms in total. The molecule has 0 spiro atoms. The van der Waals surface area contributed by atoms with Gasteiger partial charge in [-0.15, -0.1) is 0 Å². The first kappa shape index (κ1) is 16.1. The summed E-state index contributed by atoms with van der Waals surface area (Å²) in [5, 5.41) is 0.790. The van der Waals surface area contributed by atoms with Crippen molar-refractivity contribution in [2.45, 2.75) is 13.5 Å². The van der Waals surface area contributed by atoms with Crippen LogP contribution in [-0.2, 0) is 20.6 Å². The average molecular weight is 352 g/mol.